The van der Waals surface area contributed by atoms with Gasteiger partial charge in [-0.05, 0) is 18.9 Å². The van der Waals surface area contributed by atoms with Crippen molar-refractivity contribution < 1.29 is 0 Å². The summed E-state index contributed by atoms with van der Waals surface area (Å²) in [7, 11) is 0. The van der Waals surface area contributed by atoms with Crippen LogP contribution in [0.15, 0.2) is 24.3 Å². The lowest BCUT2D eigenvalue weighted by Crippen LogP contribution is -2.31. The van der Waals surface area contributed by atoms with Gasteiger partial charge in [0, 0.05) is 12.1 Å². The molecule has 6 heteroatoms. The van der Waals surface area contributed by atoms with Gasteiger partial charge in [0.1, 0.15) is 5.01 Å². The Morgan fingerprint density at radius 1 is 1.26 bits per heavy atom. The number of nitrogens with two attached hydrogens (primary N) is 1. The molecule has 0 atom stereocenters. The van der Waals surface area contributed by atoms with Gasteiger partial charge in [-0.25, -0.2) is 5.84 Å². The minimum Gasteiger partial charge on any atom is -0.285 e. The summed E-state index contributed by atoms with van der Waals surface area (Å²) in [6.07, 6.45) is 2.19. The van der Waals surface area contributed by atoms with Crippen molar-refractivity contribution in [3.63, 3.8) is 0 Å². The van der Waals surface area contributed by atoms with E-state index in [2.05, 4.69) is 36.2 Å². The number of halogens is 1. The Labute approximate surface area is 124 Å². The number of hydrogen-bond acceptors (Lipinski definition) is 5. The number of aromatic nitrogens is 2. The van der Waals surface area contributed by atoms with E-state index < -0.39 is 0 Å². The van der Waals surface area contributed by atoms with Crippen LogP contribution in [0.4, 0.5) is 5.13 Å². The first-order chi connectivity index (χ1) is 8.72. The summed E-state index contributed by atoms with van der Waals surface area (Å²) in [5.74, 6) is 5.95. The van der Waals surface area contributed by atoms with E-state index in [1.165, 1.54) is 16.9 Å². The van der Waals surface area contributed by atoms with Crippen molar-refractivity contribution in [2.24, 2.45) is 5.84 Å². The van der Waals surface area contributed by atoms with Crippen molar-refractivity contribution in [2.45, 2.75) is 26.7 Å². The van der Waals surface area contributed by atoms with Crippen molar-refractivity contribution in [2.75, 3.05) is 11.6 Å². The molecular formula is C13H19ClN4S. The van der Waals surface area contributed by atoms with Crippen molar-refractivity contribution in [1.82, 2.24) is 10.2 Å². The van der Waals surface area contributed by atoms with E-state index in [4.69, 9.17) is 5.84 Å². The maximum atomic E-state index is 5.95. The monoisotopic (exact) mass is 298 g/mol. The molecule has 0 radical (unpaired) electrons. The standard InChI is InChI=1S/C13H18N4S.ClH/c1-3-4-9-17(14)13-16-15-12(18-13)11-8-6-5-7-10(11)2;/h5-8H,3-4,9,14H2,1-2H3;1H. The highest BCUT2D eigenvalue weighted by Gasteiger charge is 2.11. The van der Waals surface area contributed by atoms with Crippen LogP contribution in [0.25, 0.3) is 10.6 Å². The maximum Gasteiger partial charge on any atom is 0.222 e. The number of rotatable bonds is 5. The zero-order chi connectivity index (χ0) is 13.0. The number of aryl methyl sites for hydroxylation is 1. The van der Waals surface area contributed by atoms with Crippen LogP contribution in [-0.4, -0.2) is 16.7 Å². The molecule has 0 spiro atoms. The van der Waals surface area contributed by atoms with Gasteiger partial charge >= 0.3 is 0 Å². The molecule has 1 aromatic carbocycles. The first-order valence-corrected chi connectivity index (χ1v) is 6.95. The largest absolute Gasteiger partial charge is 0.285 e. The van der Waals surface area contributed by atoms with Crippen LogP contribution in [0.2, 0.25) is 0 Å². The quantitative estimate of drug-likeness (QED) is 0.679. The van der Waals surface area contributed by atoms with E-state index in [9.17, 15) is 0 Å². The van der Waals surface area contributed by atoms with Crippen molar-refractivity contribution in [3.8, 4) is 10.6 Å². The summed E-state index contributed by atoms with van der Waals surface area (Å²) in [4.78, 5) is 0. The van der Waals surface area contributed by atoms with E-state index >= 15 is 0 Å². The van der Waals surface area contributed by atoms with E-state index in [1.807, 2.05) is 12.1 Å². The Hall–Kier alpha value is -1.17. The normalized spacial score (nSPS) is 10.1. The topological polar surface area (TPSA) is 55.0 Å². The third-order valence-electron chi connectivity index (χ3n) is 2.79. The lowest BCUT2D eigenvalue weighted by atomic mass is 10.1. The lowest BCUT2D eigenvalue weighted by molar-refractivity contribution is 0.732. The van der Waals surface area contributed by atoms with Crippen LogP contribution in [0, 0.1) is 6.92 Å². The minimum absolute atomic E-state index is 0. The molecule has 1 heterocycles. The summed E-state index contributed by atoms with van der Waals surface area (Å²) < 4.78 is 0. The highest BCUT2D eigenvalue weighted by Crippen LogP contribution is 2.29. The SMILES string of the molecule is CCCCN(N)c1nnc(-c2ccccc2C)s1.Cl. The Morgan fingerprint density at radius 3 is 2.68 bits per heavy atom. The molecule has 4 nitrogen and oxygen atoms in total. The van der Waals surface area contributed by atoms with Crippen LogP contribution >= 0.6 is 23.7 Å². The zero-order valence-electron chi connectivity index (χ0n) is 11.2. The van der Waals surface area contributed by atoms with Gasteiger partial charge in [-0.3, -0.25) is 5.01 Å². The van der Waals surface area contributed by atoms with Crippen LogP contribution in [-0.2, 0) is 0 Å². The van der Waals surface area contributed by atoms with Gasteiger partial charge < -0.3 is 0 Å². The van der Waals surface area contributed by atoms with Crippen molar-refractivity contribution in [3.05, 3.63) is 29.8 Å². The molecule has 0 saturated heterocycles. The fourth-order valence-electron chi connectivity index (χ4n) is 1.68. The molecule has 0 amide bonds. The molecule has 19 heavy (non-hydrogen) atoms. The van der Waals surface area contributed by atoms with Crippen LogP contribution in [0.5, 0.6) is 0 Å². The molecule has 2 rings (SSSR count). The smallest absolute Gasteiger partial charge is 0.222 e. The van der Waals surface area contributed by atoms with Crippen LogP contribution in [0.3, 0.4) is 0 Å². The molecular weight excluding hydrogens is 280 g/mol. The summed E-state index contributed by atoms with van der Waals surface area (Å²) in [6.45, 7) is 5.04. The fraction of sp³-hybridized carbons (Fsp3) is 0.385. The zero-order valence-corrected chi connectivity index (χ0v) is 12.8. The van der Waals surface area contributed by atoms with Gasteiger partial charge in [-0.1, -0.05) is 48.9 Å². The molecule has 0 aliphatic rings. The third-order valence-corrected chi connectivity index (χ3v) is 3.78. The number of benzene rings is 1. The molecule has 0 unspecified atom stereocenters. The fourth-order valence-corrected chi connectivity index (χ4v) is 2.56. The van der Waals surface area contributed by atoms with Gasteiger partial charge in [0.2, 0.25) is 5.13 Å². The number of anilines is 1. The minimum atomic E-state index is 0. The predicted octanol–water partition coefficient (Wildman–Crippen LogP) is 3.42. The molecule has 0 fully saturated rings. The highest BCUT2D eigenvalue weighted by atomic mass is 35.5. The second kappa shape index (κ2) is 7.43. The summed E-state index contributed by atoms with van der Waals surface area (Å²) in [5, 5.41) is 11.8. The molecule has 0 aliphatic heterocycles. The second-order valence-electron chi connectivity index (χ2n) is 4.25. The summed E-state index contributed by atoms with van der Waals surface area (Å²) >= 11 is 1.54. The van der Waals surface area contributed by atoms with E-state index in [1.54, 1.807) is 5.01 Å². The summed E-state index contributed by atoms with van der Waals surface area (Å²) in [6, 6.07) is 8.18. The predicted molar refractivity (Wildman–Crippen MR) is 83.8 cm³/mol. The first kappa shape index (κ1) is 15.9. The van der Waals surface area contributed by atoms with Crippen LogP contribution in [0.1, 0.15) is 25.3 Å². The van der Waals surface area contributed by atoms with E-state index in [-0.39, 0.29) is 12.4 Å². The molecule has 2 aromatic rings. The van der Waals surface area contributed by atoms with Gasteiger partial charge in [-0.15, -0.1) is 22.6 Å². The van der Waals surface area contributed by atoms with Gasteiger partial charge in [0.15, 0.2) is 0 Å². The molecule has 2 N–H and O–H groups in total. The van der Waals surface area contributed by atoms with Crippen molar-refractivity contribution >= 4 is 28.9 Å². The maximum absolute atomic E-state index is 5.95. The molecule has 0 saturated carbocycles. The third kappa shape index (κ3) is 3.89. The van der Waals surface area contributed by atoms with Crippen molar-refractivity contribution in [1.29, 1.82) is 0 Å². The molecule has 0 bridgehead atoms. The molecule has 1 aromatic heterocycles. The second-order valence-corrected chi connectivity index (χ2v) is 5.21. The number of hydrazine groups is 1. The highest BCUT2D eigenvalue weighted by molar-refractivity contribution is 7.18. The van der Waals surface area contributed by atoms with Gasteiger partial charge in [-0.2, -0.15) is 0 Å². The molecule has 0 aliphatic carbocycles. The average Bonchev–Trinajstić information content (AvgIpc) is 2.86. The Bertz CT molecular complexity index is 515. The van der Waals surface area contributed by atoms with Gasteiger partial charge in [0.25, 0.3) is 0 Å². The Balaban J connectivity index is 0.00000180. The Morgan fingerprint density at radius 2 is 2.00 bits per heavy atom. The average molecular weight is 299 g/mol. The number of unbranched alkanes of at least 4 members (excludes halogenated alkanes) is 1. The van der Waals surface area contributed by atoms with E-state index in [0.29, 0.717) is 0 Å². The summed E-state index contributed by atoms with van der Waals surface area (Å²) in [5.41, 5.74) is 2.34. The number of nitrogens with zero attached hydrogens (tertiary/aromatic N) is 3. The number of hydrogen-bond donors (Lipinski definition) is 1. The Kier molecular flexibility index (Phi) is 6.21. The lowest BCUT2D eigenvalue weighted by Gasteiger charge is -2.12. The van der Waals surface area contributed by atoms with E-state index in [0.717, 1.165) is 35.1 Å². The first-order valence-electron chi connectivity index (χ1n) is 6.14. The van der Waals surface area contributed by atoms with Crippen LogP contribution < -0.4 is 10.9 Å². The molecule has 104 valence electrons. The van der Waals surface area contributed by atoms with Gasteiger partial charge in [0.05, 0.1) is 0 Å².